The van der Waals surface area contributed by atoms with Gasteiger partial charge in [0.2, 0.25) is 5.91 Å². The number of hydrogen-bond acceptors (Lipinski definition) is 3. The van der Waals surface area contributed by atoms with Crippen LogP contribution in [0.15, 0.2) is 22.9 Å². The molecule has 1 heterocycles. The molecule has 0 aliphatic carbocycles. The van der Waals surface area contributed by atoms with Gasteiger partial charge in [-0.1, -0.05) is 0 Å². The lowest BCUT2D eigenvalue weighted by molar-refractivity contribution is -0.116. The molecular formula is C9H12BrN3O. The molecule has 0 aromatic carbocycles. The summed E-state index contributed by atoms with van der Waals surface area (Å²) in [5.74, 6) is -0.0851. The van der Waals surface area contributed by atoms with E-state index in [2.05, 4.69) is 26.2 Å². The van der Waals surface area contributed by atoms with E-state index in [1.807, 2.05) is 0 Å². The number of pyridine rings is 1. The molecule has 1 amide bonds. The molecule has 0 saturated carbocycles. The van der Waals surface area contributed by atoms with Crippen molar-refractivity contribution in [2.75, 3.05) is 5.32 Å². The second-order valence-corrected chi connectivity index (χ2v) is 3.91. The summed E-state index contributed by atoms with van der Waals surface area (Å²) in [6.07, 6.45) is 1.94. The van der Waals surface area contributed by atoms with E-state index in [4.69, 9.17) is 5.73 Å². The van der Waals surface area contributed by atoms with Crippen LogP contribution >= 0.6 is 15.9 Å². The smallest absolute Gasteiger partial charge is 0.225 e. The van der Waals surface area contributed by atoms with Gasteiger partial charge in [-0.15, -0.1) is 0 Å². The van der Waals surface area contributed by atoms with Crippen molar-refractivity contribution in [1.29, 1.82) is 0 Å². The highest BCUT2D eigenvalue weighted by atomic mass is 79.9. The average molecular weight is 258 g/mol. The summed E-state index contributed by atoms with van der Waals surface area (Å²) in [6.45, 7) is 1.79. The van der Waals surface area contributed by atoms with Crippen molar-refractivity contribution < 1.29 is 4.79 Å². The van der Waals surface area contributed by atoms with E-state index in [-0.39, 0.29) is 11.9 Å². The third-order valence-electron chi connectivity index (χ3n) is 1.52. The van der Waals surface area contributed by atoms with Crippen molar-refractivity contribution in [2.24, 2.45) is 5.73 Å². The van der Waals surface area contributed by atoms with Gasteiger partial charge >= 0.3 is 0 Å². The lowest BCUT2D eigenvalue weighted by atomic mass is 10.2. The molecule has 3 N–H and O–H groups in total. The van der Waals surface area contributed by atoms with Crippen molar-refractivity contribution in [3.8, 4) is 0 Å². The van der Waals surface area contributed by atoms with Crippen LogP contribution in [0.3, 0.4) is 0 Å². The van der Waals surface area contributed by atoms with Crippen LogP contribution in [0.1, 0.15) is 13.3 Å². The van der Waals surface area contributed by atoms with Gasteiger partial charge in [0.25, 0.3) is 0 Å². The summed E-state index contributed by atoms with van der Waals surface area (Å²) in [5.41, 5.74) is 6.21. The Labute approximate surface area is 91.0 Å². The Bertz CT molecular complexity index is 328. The molecule has 4 nitrogen and oxygen atoms in total. The summed E-state index contributed by atoms with van der Waals surface area (Å²) in [4.78, 5) is 15.3. The molecule has 0 radical (unpaired) electrons. The van der Waals surface area contributed by atoms with Gasteiger partial charge in [-0.05, 0) is 35.0 Å². The fraction of sp³-hybridized carbons (Fsp3) is 0.333. The molecule has 0 saturated heterocycles. The van der Waals surface area contributed by atoms with Crippen LogP contribution in [0.25, 0.3) is 0 Å². The number of halogens is 1. The quantitative estimate of drug-likeness (QED) is 0.807. The maximum atomic E-state index is 11.3. The predicted molar refractivity (Wildman–Crippen MR) is 58.8 cm³/mol. The first kappa shape index (κ1) is 11.1. The first-order valence-corrected chi connectivity index (χ1v) is 5.04. The Morgan fingerprint density at radius 2 is 2.50 bits per heavy atom. The lowest BCUT2D eigenvalue weighted by Gasteiger charge is -2.06. The average Bonchev–Trinajstić information content (AvgIpc) is 2.01. The van der Waals surface area contributed by atoms with Crippen LogP contribution in [-0.4, -0.2) is 16.9 Å². The van der Waals surface area contributed by atoms with Gasteiger partial charge in [0, 0.05) is 24.3 Å². The van der Waals surface area contributed by atoms with Crippen LogP contribution in [0, 0.1) is 0 Å². The predicted octanol–water partition coefficient (Wildman–Crippen LogP) is 1.52. The molecule has 5 heteroatoms. The molecule has 14 heavy (non-hydrogen) atoms. The van der Waals surface area contributed by atoms with E-state index in [1.54, 1.807) is 25.3 Å². The standard InChI is InChI=1S/C9H12BrN3O/c1-6(11)4-9(14)13-7-2-3-12-8(10)5-7/h2-3,5-6H,4,11H2,1H3,(H,12,13,14). The minimum absolute atomic E-state index is 0.0851. The molecule has 0 aliphatic heterocycles. The highest BCUT2D eigenvalue weighted by molar-refractivity contribution is 9.10. The molecule has 1 aromatic heterocycles. The number of carbonyl (C=O) groups excluding carboxylic acids is 1. The van der Waals surface area contributed by atoms with Crippen LogP contribution in [0.2, 0.25) is 0 Å². The Kier molecular flexibility index (Phi) is 4.03. The Hall–Kier alpha value is -0.940. The zero-order chi connectivity index (χ0) is 10.6. The van der Waals surface area contributed by atoms with Crippen LogP contribution < -0.4 is 11.1 Å². The van der Waals surface area contributed by atoms with E-state index < -0.39 is 0 Å². The van der Waals surface area contributed by atoms with Gasteiger partial charge in [0.1, 0.15) is 4.60 Å². The number of nitrogens with zero attached hydrogens (tertiary/aromatic N) is 1. The molecule has 1 atom stereocenters. The van der Waals surface area contributed by atoms with E-state index in [1.165, 1.54) is 0 Å². The molecule has 76 valence electrons. The van der Waals surface area contributed by atoms with Gasteiger partial charge in [0.15, 0.2) is 0 Å². The first-order valence-electron chi connectivity index (χ1n) is 4.25. The fourth-order valence-corrected chi connectivity index (χ4v) is 1.35. The summed E-state index contributed by atoms with van der Waals surface area (Å²) in [7, 11) is 0. The minimum Gasteiger partial charge on any atom is -0.327 e. The van der Waals surface area contributed by atoms with E-state index in [0.717, 1.165) is 5.69 Å². The molecule has 1 unspecified atom stereocenters. The molecule has 0 spiro atoms. The van der Waals surface area contributed by atoms with Gasteiger partial charge in [-0.3, -0.25) is 4.79 Å². The highest BCUT2D eigenvalue weighted by Gasteiger charge is 2.05. The first-order chi connectivity index (χ1) is 6.58. The molecule has 1 aromatic rings. The molecule has 0 bridgehead atoms. The number of rotatable bonds is 3. The van der Waals surface area contributed by atoms with Crippen molar-refractivity contribution in [2.45, 2.75) is 19.4 Å². The van der Waals surface area contributed by atoms with Crippen LogP contribution in [0.4, 0.5) is 5.69 Å². The maximum absolute atomic E-state index is 11.3. The topological polar surface area (TPSA) is 68.0 Å². The third kappa shape index (κ3) is 3.85. The van der Waals surface area contributed by atoms with Crippen LogP contribution in [-0.2, 0) is 4.79 Å². The highest BCUT2D eigenvalue weighted by Crippen LogP contribution is 2.12. The lowest BCUT2D eigenvalue weighted by Crippen LogP contribution is -2.23. The maximum Gasteiger partial charge on any atom is 0.225 e. The Morgan fingerprint density at radius 1 is 1.79 bits per heavy atom. The minimum atomic E-state index is -0.125. The van der Waals surface area contributed by atoms with Gasteiger partial charge in [0.05, 0.1) is 0 Å². The number of amides is 1. The normalized spacial score (nSPS) is 12.2. The fourth-order valence-electron chi connectivity index (χ4n) is 0.985. The van der Waals surface area contributed by atoms with Gasteiger partial charge in [-0.25, -0.2) is 4.98 Å². The molecule has 0 aliphatic rings. The third-order valence-corrected chi connectivity index (χ3v) is 1.95. The largest absolute Gasteiger partial charge is 0.327 e. The summed E-state index contributed by atoms with van der Waals surface area (Å²) < 4.78 is 0.691. The van der Waals surface area contributed by atoms with E-state index in [0.29, 0.717) is 11.0 Å². The number of anilines is 1. The molecule has 0 fully saturated rings. The number of nitrogens with two attached hydrogens (primary N) is 1. The molecular weight excluding hydrogens is 246 g/mol. The van der Waals surface area contributed by atoms with Crippen molar-refractivity contribution in [1.82, 2.24) is 4.98 Å². The summed E-state index contributed by atoms with van der Waals surface area (Å²) in [5, 5.41) is 2.73. The number of carbonyl (C=O) groups is 1. The van der Waals surface area contributed by atoms with Crippen molar-refractivity contribution >= 4 is 27.5 Å². The number of nitrogens with one attached hydrogen (secondary N) is 1. The number of aromatic nitrogens is 1. The Morgan fingerprint density at radius 3 is 3.07 bits per heavy atom. The zero-order valence-electron chi connectivity index (χ0n) is 7.83. The summed E-state index contributed by atoms with van der Waals surface area (Å²) >= 11 is 3.22. The zero-order valence-corrected chi connectivity index (χ0v) is 9.41. The number of hydrogen-bond donors (Lipinski definition) is 2. The van der Waals surface area contributed by atoms with Crippen molar-refractivity contribution in [3.05, 3.63) is 22.9 Å². The monoisotopic (exact) mass is 257 g/mol. The van der Waals surface area contributed by atoms with Gasteiger partial charge in [-0.2, -0.15) is 0 Å². The van der Waals surface area contributed by atoms with E-state index >= 15 is 0 Å². The second kappa shape index (κ2) is 5.07. The van der Waals surface area contributed by atoms with Crippen LogP contribution in [0.5, 0.6) is 0 Å². The Balaban J connectivity index is 2.56. The second-order valence-electron chi connectivity index (χ2n) is 3.10. The van der Waals surface area contributed by atoms with Crippen molar-refractivity contribution in [3.63, 3.8) is 0 Å². The van der Waals surface area contributed by atoms with E-state index in [9.17, 15) is 4.79 Å². The summed E-state index contributed by atoms with van der Waals surface area (Å²) in [6, 6.07) is 3.34. The molecule has 1 rings (SSSR count). The van der Waals surface area contributed by atoms with Gasteiger partial charge < -0.3 is 11.1 Å². The SMILES string of the molecule is CC(N)CC(=O)Nc1ccnc(Br)c1.